The number of H-pyrrole nitrogens is 1. The summed E-state index contributed by atoms with van der Waals surface area (Å²) in [5, 5.41) is 11.0. The monoisotopic (exact) mass is 569 g/mol. The van der Waals surface area contributed by atoms with Crippen LogP contribution in [0.25, 0.3) is 28.0 Å². The minimum Gasteiger partial charge on any atom is -0.382 e. The quantitative estimate of drug-likeness (QED) is 0.323. The van der Waals surface area contributed by atoms with E-state index in [9.17, 15) is 13.2 Å². The zero-order valence-corrected chi connectivity index (χ0v) is 23.0. The predicted molar refractivity (Wildman–Crippen MR) is 151 cm³/mol. The van der Waals surface area contributed by atoms with E-state index in [2.05, 4.69) is 25.3 Å². The molecule has 41 heavy (non-hydrogen) atoms. The number of pyridine rings is 1. The summed E-state index contributed by atoms with van der Waals surface area (Å²) in [6, 6.07) is 13.6. The molecule has 3 N–H and O–H groups in total. The number of sulfone groups is 1. The summed E-state index contributed by atoms with van der Waals surface area (Å²) in [6.07, 6.45) is 8.69. The van der Waals surface area contributed by atoms with Crippen molar-refractivity contribution < 1.29 is 13.2 Å². The standard InChI is InChI=1S/C28H27N9O3S/c1-41(39,40)24-23(18-11-19-8-9-20(12-18)36(19)28(38)26-31-15-32-35-26)34-27-21(14-33-37(27)25(24)29)17-7-10-22(30-13-17)16-5-3-2-4-6-16/h2-7,10,13-15,18-20H,8-9,11-12,29H2,1H3,(H,31,32,35)/t18-,19-,20+. The number of hydrogen-bond acceptors (Lipinski definition) is 9. The lowest BCUT2D eigenvalue weighted by Crippen LogP contribution is -2.46. The van der Waals surface area contributed by atoms with Crippen LogP contribution in [0.4, 0.5) is 5.82 Å². The van der Waals surface area contributed by atoms with Crippen molar-refractivity contribution in [3.05, 3.63) is 72.7 Å². The van der Waals surface area contributed by atoms with Gasteiger partial charge in [-0.2, -0.15) is 9.61 Å². The number of nitrogens with two attached hydrogens (primary N) is 1. The molecular weight excluding hydrogens is 542 g/mol. The van der Waals surface area contributed by atoms with Crippen molar-refractivity contribution in [1.82, 2.24) is 39.7 Å². The van der Waals surface area contributed by atoms with Crippen LogP contribution in [-0.4, -0.2) is 72.3 Å². The molecule has 13 heteroatoms. The van der Waals surface area contributed by atoms with E-state index in [0.29, 0.717) is 29.7 Å². The number of nitrogens with one attached hydrogen (secondary N) is 1. The zero-order chi connectivity index (χ0) is 28.3. The zero-order valence-electron chi connectivity index (χ0n) is 22.2. The number of aromatic amines is 1. The van der Waals surface area contributed by atoms with Gasteiger partial charge in [0, 0.05) is 47.1 Å². The highest BCUT2D eigenvalue weighted by Crippen LogP contribution is 2.45. The lowest BCUT2D eigenvalue weighted by molar-refractivity contribution is 0.0556. The van der Waals surface area contributed by atoms with Crippen LogP contribution in [0.5, 0.6) is 0 Å². The van der Waals surface area contributed by atoms with Gasteiger partial charge in [0.15, 0.2) is 15.5 Å². The van der Waals surface area contributed by atoms with Crippen molar-refractivity contribution >= 4 is 27.2 Å². The van der Waals surface area contributed by atoms with Crippen LogP contribution in [0, 0.1) is 0 Å². The number of piperidine rings is 1. The third-order valence-corrected chi connectivity index (χ3v) is 9.30. The van der Waals surface area contributed by atoms with Crippen LogP contribution in [0.1, 0.15) is 47.9 Å². The van der Waals surface area contributed by atoms with Gasteiger partial charge in [-0.05, 0) is 31.7 Å². The van der Waals surface area contributed by atoms with E-state index in [4.69, 9.17) is 10.7 Å². The molecule has 2 fully saturated rings. The number of nitrogens with zero attached hydrogens (tertiary/aromatic N) is 7. The first-order chi connectivity index (χ1) is 19.8. The number of hydrogen-bond donors (Lipinski definition) is 2. The molecule has 0 aliphatic carbocycles. The molecular formula is C28H27N9O3S. The lowest BCUT2D eigenvalue weighted by atomic mass is 9.87. The van der Waals surface area contributed by atoms with Crippen molar-refractivity contribution in [2.24, 2.45) is 0 Å². The largest absolute Gasteiger partial charge is 0.382 e. The Bertz CT molecular complexity index is 1860. The maximum absolute atomic E-state index is 13.1. The van der Waals surface area contributed by atoms with Gasteiger partial charge in [-0.15, -0.1) is 5.10 Å². The van der Waals surface area contributed by atoms with Crippen LogP contribution in [-0.2, 0) is 9.84 Å². The van der Waals surface area contributed by atoms with E-state index in [1.807, 2.05) is 47.4 Å². The lowest BCUT2D eigenvalue weighted by Gasteiger charge is -2.38. The highest BCUT2D eigenvalue weighted by atomic mass is 32.2. The van der Waals surface area contributed by atoms with Crippen molar-refractivity contribution in [1.29, 1.82) is 0 Å². The van der Waals surface area contributed by atoms with Crippen LogP contribution in [0.2, 0.25) is 0 Å². The first-order valence-corrected chi connectivity index (χ1v) is 15.3. The van der Waals surface area contributed by atoms with Gasteiger partial charge in [-0.25, -0.2) is 18.4 Å². The summed E-state index contributed by atoms with van der Waals surface area (Å²) in [5.74, 6) is -0.258. The fourth-order valence-corrected chi connectivity index (χ4v) is 7.43. The second-order valence-corrected chi connectivity index (χ2v) is 12.6. The normalized spacial score (nSPS) is 20.5. The molecule has 2 bridgehead atoms. The molecule has 0 radical (unpaired) electrons. The molecule has 6 heterocycles. The van der Waals surface area contributed by atoms with Gasteiger partial charge in [0.2, 0.25) is 5.82 Å². The molecule has 0 spiro atoms. The van der Waals surface area contributed by atoms with E-state index in [1.54, 1.807) is 12.4 Å². The second kappa shape index (κ2) is 9.47. The van der Waals surface area contributed by atoms with Crippen molar-refractivity contribution in [3.63, 3.8) is 0 Å². The summed E-state index contributed by atoms with van der Waals surface area (Å²) >= 11 is 0. The number of carbonyl (C=O) groups excluding carboxylic acids is 1. The molecule has 12 nitrogen and oxygen atoms in total. The van der Waals surface area contributed by atoms with Gasteiger partial charge in [0.05, 0.1) is 17.6 Å². The predicted octanol–water partition coefficient (Wildman–Crippen LogP) is 3.11. The fraction of sp³-hybridized carbons (Fsp3) is 0.286. The highest BCUT2D eigenvalue weighted by molar-refractivity contribution is 7.91. The maximum atomic E-state index is 13.1. The first-order valence-electron chi connectivity index (χ1n) is 13.4. The summed E-state index contributed by atoms with van der Waals surface area (Å²) in [6.45, 7) is 0. The summed E-state index contributed by atoms with van der Waals surface area (Å²) < 4.78 is 27.5. The minimum atomic E-state index is -3.74. The molecule has 0 saturated carbocycles. The van der Waals surface area contributed by atoms with Gasteiger partial charge in [-0.3, -0.25) is 14.9 Å². The summed E-state index contributed by atoms with van der Waals surface area (Å²) in [5.41, 5.74) is 10.7. The van der Waals surface area contributed by atoms with E-state index < -0.39 is 9.84 Å². The Morgan fingerprint density at radius 2 is 1.76 bits per heavy atom. The molecule has 7 rings (SSSR count). The molecule has 5 aromatic rings. The van der Waals surface area contributed by atoms with E-state index in [0.717, 1.165) is 35.9 Å². The third kappa shape index (κ3) is 4.24. The Hall–Kier alpha value is -4.65. The van der Waals surface area contributed by atoms with Gasteiger partial charge in [0.1, 0.15) is 17.0 Å². The van der Waals surface area contributed by atoms with Gasteiger partial charge in [0.25, 0.3) is 5.91 Å². The molecule has 1 aromatic carbocycles. The topological polar surface area (TPSA) is 165 Å². The Morgan fingerprint density at radius 1 is 1.00 bits per heavy atom. The first kappa shape index (κ1) is 25.3. The molecule has 4 aromatic heterocycles. The molecule has 2 aliphatic rings. The SMILES string of the molecule is CS(=O)(=O)c1c([C@@H]2C[C@H]3CC[C@@H](C2)N3C(=O)c2nc[nH]n2)nc2c(-c3ccc(-c4ccccc4)nc3)cnn2c1N. The molecule has 3 atom stereocenters. The third-order valence-electron chi connectivity index (χ3n) is 8.14. The summed E-state index contributed by atoms with van der Waals surface area (Å²) in [7, 11) is -3.74. The number of nitrogen functional groups attached to an aromatic ring is 1. The number of anilines is 1. The van der Waals surface area contributed by atoms with Crippen molar-refractivity contribution in [2.45, 2.75) is 48.6 Å². The minimum absolute atomic E-state index is 0.00431. The number of aromatic nitrogens is 7. The Labute approximate surface area is 235 Å². The maximum Gasteiger partial charge on any atom is 0.294 e. The molecule has 208 valence electrons. The van der Waals surface area contributed by atoms with Crippen molar-refractivity contribution in [3.8, 4) is 22.4 Å². The number of carbonyl (C=O) groups is 1. The molecule has 1 amide bonds. The fourth-order valence-electron chi connectivity index (χ4n) is 6.37. The van der Waals surface area contributed by atoms with Gasteiger partial charge >= 0.3 is 0 Å². The second-order valence-electron chi connectivity index (χ2n) is 10.7. The molecule has 2 aliphatic heterocycles. The number of amides is 1. The van der Waals surface area contributed by atoms with Gasteiger partial charge in [-0.1, -0.05) is 36.4 Å². The van der Waals surface area contributed by atoms with E-state index >= 15 is 0 Å². The molecule has 0 unspecified atom stereocenters. The van der Waals surface area contributed by atoms with Crippen LogP contribution >= 0.6 is 0 Å². The average molecular weight is 570 g/mol. The van der Waals surface area contributed by atoms with E-state index in [1.165, 1.54) is 10.8 Å². The smallest absolute Gasteiger partial charge is 0.294 e. The number of rotatable bonds is 5. The van der Waals surface area contributed by atoms with Gasteiger partial charge < -0.3 is 10.6 Å². The number of benzene rings is 1. The highest BCUT2D eigenvalue weighted by Gasteiger charge is 2.46. The van der Waals surface area contributed by atoms with Crippen LogP contribution < -0.4 is 5.73 Å². The molecule has 2 saturated heterocycles. The van der Waals surface area contributed by atoms with E-state index in [-0.39, 0.29) is 40.4 Å². The van der Waals surface area contributed by atoms with Crippen LogP contribution in [0.15, 0.2) is 66.1 Å². The number of fused-ring (bicyclic) bond motifs is 3. The van der Waals surface area contributed by atoms with Crippen molar-refractivity contribution in [2.75, 3.05) is 12.0 Å². The average Bonchev–Trinajstić information content (AvgIpc) is 3.71. The Morgan fingerprint density at radius 3 is 2.39 bits per heavy atom. The van der Waals surface area contributed by atoms with Crippen LogP contribution in [0.3, 0.4) is 0 Å². The Balaban J connectivity index is 1.29. The summed E-state index contributed by atoms with van der Waals surface area (Å²) in [4.78, 5) is 28.6. The Kier molecular flexibility index (Phi) is 5.85.